The molecule has 0 spiro atoms. The third-order valence-corrected chi connectivity index (χ3v) is 3.65. The summed E-state index contributed by atoms with van der Waals surface area (Å²) in [4.78, 5) is 0. The third kappa shape index (κ3) is 4.02. The van der Waals surface area contributed by atoms with Crippen LogP contribution in [0.25, 0.3) is 0 Å². The van der Waals surface area contributed by atoms with Gasteiger partial charge in [-0.25, -0.2) is 4.39 Å². The van der Waals surface area contributed by atoms with Crippen LogP contribution in [0.5, 0.6) is 0 Å². The Morgan fingerprint density at radius 2 is 1.60 bits per heavy atom. The van der Waals surface area contributed by atoms with Gasteiger partial charge in [-0.05, 0) is 43.2 Å². The highest BCUT2D eigenvalue weighted by molar-refractivity contribution is 6.35. The number of hydrogen-bond acceptors (Lipinski definition) is 1. The van der Waals surface area contributed by atoms with Crippen LogP contribution in [0.3, 0.4) is 0 Å². The van der Waals surface area contributed by atoms with Gasteiger partial charge in [0.25, 0.3) is 0 Å². The molecule has 0 fully saturated rings. The lowest BCUT2D eigenvalue weighted by Crippen LogP contribution is -2.18. The lowest BCUT2D eigenvalue weighted by atomic mass is 10.1. The van der Waals surface area contributed by atoms with E-state index in [0.29, 0.717) is 10.7 Å². The second-order valence-corrected chi connectivity index (χ2v) is 5.88. The molecule has 106 valence electrons. The largest absolute Gasteiger partial charge is 0.382 e. The van der Waals surface area contributed by atoms with Gasteiger partial charge < -0.3 is 5.32 Å². The van der Waals surface area contributed by atoms with Crippen LogP contribution < -0.4 is 5.32 Å². The Balaban J connectivity index is 2.04. The van der Waals surface area contributed by atoms with Crippen LogP contribution in [-0.2, 0) is 6.42 Å². The first kappa shape index (κ1) is 15.4. The molecule has 1 N–H and O–H groups in total. The van der Waals surface area contributed by atoms with Crippen LogP contribution in [0.4, 0.5) is 10.1 Å². The number of benzene rings is 2. The van der Waals surface area contributed by atoms with Crippen molar-refractivity contribution < 1.29 is 4.39 Å². The van der Waals surface area contributed by atoms with E-state index in [0.717, 1.165) is 12.0 Å². The van der Waals surface area contributed by atoms with Crippen LogP contribution in [0.15, 0.2) is 36.4 Å². The van der Waals surface area contributed by atoms with Crippen LogP contribution in [0.1, 0.15) is 12.5 Å². The standard InChI is InChI=1S/C15H13Cl3FN/c1-9(6-10-2-4-11(16)5-3-10)20-12-7-13(17)15(19)14(18)8-12/h2-5,7-9,20H,6H2,1H3. The lowest BCUT2D eigenvalue weighted by Gasteiger charge is -2.16. The summed E-state index contributed by atoms with van der Waals surface area (Å²) in [6, 6.07) is 10.9. The molecule has 0 aliphatic carbocycles. The summed E-state index contributed by atoms with van der Waals surface area (Å²) in [7, 11) is 0. The number of rotatable bonds is 4. The molecule has 0 aliphatic heterocycles. The molecule has 1 unspecified atom stereocenters. The van der Waals surface area contributed by atoms with Gasteiger partial charge in [0.15, 0.2) is 5.82 Å². The van der Waals surface area contributed by atoms with Crippen molar-refractivity contribution in [3.8, 4) is 0 Å². The molecule has 0 radical (unpaired) electrons. The molecule has 20 heavy (non-hydrogen) atoms. The maximum atomic E-state index is 13.3. The summed E-state index contributed by atoms with van der Waals surface area (Å²) in [6.45, 7) is 2.03. The van der Waals surface area contributed by atoms with E-state index in [4.69, 9.17) is 34.8 Å². The Kier molecular flexibility index (Phi) is 5.14. The van der Waals surface area contributed by atoms with Gasteiger partial charge in [-0.3, -0.25) is 0 Å². The van der Waals surface area contributed by atoms with Gasteiger partial charge in [0, 0.05) is 16.8 Å². The topological polar surface area (TPSA) is 12.0 Å². The van der Waals surface area contributed by atoms with E-state index in [9.17, 15) is 4.39 Å². The first-order chi connectivity index (χ1) is 9.45. The number of nitrogens with one attached hydrogen (secondary N) is 1. The van der Waals surface area contributed by atoms with Gasteiger partial charge in [-0.15, -0.1) is 0 Å². The van der Waals surface area contributed by atoms with Crippen LogP contribution in [0.2, 0.25) is 15.1 Å². The molecule has 0 saturated carbocycles. The fourth-order valence-electron chi connectivity index (χ4n) is 1.95. The van der Waals surface area contributed by atoms with Gasteiger partial charge in [0.2, 0.25) is 0 Å². The van der Waals surface area contributed by atoms with Crippen molar-refractivity contribution in [1.82, 2.24) is 0 Å². The molecule has 0 bridgehead atoms. The minimum atomic E-state index is -0.593. The van der Waals surface area contributed by atoms with Gasteiger partial charge in [0.05, 0.1) is 10.0 Å². The van der Waals surface area contributed by atoms with Gasteiger partial charge in [-0.2, -0.15) is 0 Å². The normalized spacial score (nSPS) is 12.2. The van der Waals surface area contributed by atoms with E-state index < -0.39 is 5.82 Å². The zero-order chi connectivity index (χ0) is 14.7. The van der Waals surface area contributed by atoms with Crippen molar-refractivity contribution in [3.05, 3.63) is 62.8 Å². The Hall–Kier alpha value is -0.960. The summed E-state index contributed by atoms with van der Waals surface area (Å²) >= 11 is 17.4. The summed E-state index contributed by atoms with van der Waals surface area (Å²) in [5.41, 5.74) is 1.86. The molecule has 0 aromatic heterocycles. The Morgan fingerprint density at radius 3 is 2.15 bits per heavy atom. The minimum absolute atomic E-state index is 0.0127. The Morgan fingerprint density at radius 1 is 1.05 bits per heavy atom. The monoisotopic (exact) mass is 331 g/mol. The highest BCUT2D eigenvalue weighted by Crippen LogP contribution is 2.27. The molecule has 1 nitrogen and oxygen atoms in total. The summed E-state index contributed by atoms with van der Waals surface area (Å²) in [5, 5.41) is 3.98. The number of halogens is 4. The van der Waals surface area contributed by atoms with Crippen molar-refractivity contribution in [2.45, 2.75) is 19.4 Å². The Bertz CT molecular complexity index is 576. The Labute approximate surface area is 132 Å². The quantitative estimate of drug-likeness (QED) is 0.695. The molecule has 0 saturated heterocycles. The zero-order valence-corrected chi connectivity index (χ0v) is 13.0. The maximum absolute atomic E-state index is 13.3. The summed E-state index contributed by atoms with van der Waals surface area (Å²) in [6.07, 6.45) is 0.809. The lowest BCUT2D eigenvalue weighted by molar-refractivity contribution is 0.628. The molecule has 0 aliphatic rings. The first-order valence-electron chi connectivity index (χ1n) is 6.11. The fraction of sp³-hybridized carbons (Fsp3) is 0.200. The molecule has 5 heteroatoms. The highest BCUT2D eigenvalue weighted by atomic mass is 35.5. The minimum Gasteiger partial charge on any atom is -0.382 e. The van der Waals surface area contributed by atoms with E-state index in [2.05, 4.69) is 5.32 Å². The van der Waals surface area contributed by atoms with E-state index in [1.165, 1.54) is 12.1 Å². The zero-order valence-electron chi connectivity index (χ0n) is 10.8. The smallest absolute Gasteiger partial charge is 0.160 e. The van der Waals surface area contributed by atoms with Gasteiger partial charge in [-0.1, -0.05) is 46.9 Å². The van der Waals surface area contributed by atoms with Crippen molar-refractivity contribution in [1.29, 1.82) is 0 Å². The van der Waals surface area contributed by atoms with Crippen LogP contribution in [0, 0.1) is 5.82 Å². The average molecular weight is 333 g/mol. The van der Waals surface area contributed by atoms with E-state index in [-0.39, 0.29) is 16.1 Å². The van der Waals surface area contributed by atoms with E-state index in [1.807, 2.05) is 31.2 Å². The molecule has 1 atom stereocenters. The number of hydrogen-bond donors (Lipinski definition) is 1. The van der Waals surface area contributed by atoms with E-state index in [1.54, 1.807) is 0 Å². The summed E-state index contributed by atoms with van der Waals surface area (Å²) < 4.78 is 13.3. The number of anilines is 1. The fourth-order valence-corrected chi connectivity index (χ4v) is 2.56. The molecule has 0 amide bonds. The van der Waals surface area contributed by atoms with Crippen molar-refractivity contribution in [2.75, 3.05) is 5.32 Å². The molecular weight excluding hydrogens is 320 g/mol. The van der Waals surface area contributed by atoms with Crippen molar-refractivity contribution in [3.63, 3.8) is 0 Å². The second kappa shape index (κ2) is 6.66. The van der Waals surface area contributed by atoms with Crippen LogP contribution in [-0.4, -0.2) is 6.04 Å². The van der Waals surface area contributed by atoms with Gasteiger partial charge >= 0.3 is 0 Å². The SMILES string of the molecule is CC(Cc1ccc(Cl)cc1)Nc1cc(Cl)c(F)c(Cl)c1. The molecule has 0 heterocycles. The third-order valence-electron chi connectivity index (χ3n) is 2.85. The van der Waals surface area contributed by atoms with E-state index >= 15 is 0 Å². The summed E-state index contributed by atoms with van der Waals surface area (Å²) in [5.74, 6) is -0.593. The average Bonchev–Trinajstić information content (AvgIpc) is 2.38. The predicted octanol–water partition coefficient (Wildman–Crippen LogP) is 5.83. The molecular formula is C15H13Cl3FN. The van der Waals surface area contributed by atoms with Crippen molar-refractivity contribution >= 4 is 40.5 Å². The maximum Gasteiger partial charge on any atom is 0.160 e. The van der Waals surface area contributed by atoms with Crippen LogP contribution >= 0.6 is 34.8 Å². The molecule has 2 aromatic carbocycles. The second-order valence-electron chi connectivity index (χ2n) is 4.63. The van der Waals surface area contributed by atoms with Gasteiger partial charge in [0.1, 0.15) is 0 Å². The highest BCUT2D eigenvalue weighted by Gasteiger charge is 2.10. The molecule has 2 aromatic rings. The van der Waals surface area contributed by atoms with Crippen molar-refractivity contribution in [2.24, 2.45) is 0 Å². The first-order valence-corrected chi connectivity index (χ1v) is 7.24. The predicted molar refractivity (Wildman–Crippen MR) is 84.7 cm³/mol. The molecule has 2 rings (SSSR count).